The zero-order chi connectivity index (χ0) is 46.3. The third-order valence-corrected chi connectivity index (χ3v) is 12.3. The second-order valence-corrected chi connectivity index (χ2v) is 16.6. The molecule has 0 radical (unpaired) electrons. The highest BCUT2D eigenvalue weighted by atomic mass is 14.6. The molecule has 0 atom stereocenters. The van der Waals surface area contributed by atoms with Crippen molar-refractivity contribution in [2.75, 3.05) is 45.9 Å². The predicted octanol–water partition coefficient (Wildman–Crippen LogP) is 12.4. The second kappa shape index (κ2) is 19.4. The molecule has 0 aliphatic heterocycles. The van der Waals surface area contributed by atoms with E-state index in [2.05, 4.69) is 78.9 Å². The molecule has 0 unspecified atom stereocenters. The van der Waals surface area contributed by atoms with Crippen molar-refractivity contribution in [3.8, 4) is 44.5 Å². The fourth-order valence-corrected chi connectivity index (χ4v) is 8.87. The Kier molecular flexibility index (Phi) is 12.9. The highest BCUT2D eigenvalue weighted by Crippen LogP contribution is 2.43. The molecule has 0 heterocycles. The summed E-state index contributed by atoms with van der Waals surface area (Å²) in [5, 5.41) is 0. The molecule has 8 nitrogen and oxygen atoms in total. The van der Waals surface area contributed by atoms with E-state index in [4.69, 9.17) is 45.9 Å². The van der Waals surface area contributed by atoms with Crippen molar-refractivity contribution in [3.63, 3.8) is 0 Å². The summed E-state index contributed by atoms with van der Waals surface area (Å²) in [6.07, 6.45) is 11.4. The number of anilines is 8. The molecule has 328 valence electrons. The van der Waals surface area contributed by atoms with E-state index in [1.54, 1.807) is 0 Å². The fraction of sp³-hybridized carbons (Fsp3) is 0.0690. The van der Waals surface area contributed by atoms with Crippen LogP contribution in [0.1, 0.15) is 47.4 Å². The first-order valence-corrected chi connectivity index (χ1v) is 22.0. The van der Waals surface area contributed by atoms with Crippen molar-refractivity contribution in [1.82, 2.24) is 0 Å². The van der Waals surface area contributed by atoms with Crippen molar-refractivity contribution < 1.29 is 0 Å². The van der Waals surface area contributed by atoms with Crippen LogP contribution < -0.4 is 45.9 Å². The predicted molar refractivity (Wildman–Crippen MR) is 283 cm³/mol. The maximum Gasteiger partial charge on any atom is 0.0394 e. The van der Waals surface area contributed by atoms with Crippen LogP contribution in [-0.2, 0) is 0 Å². The maximum absolute atomic E-state index is 6.69. The van der Waals surface area contributed by atoms with E-state index in [1.165, 1.54) is 0 Å². The number of hydrogen-bond donors (Lipinski definition) is 8. The number of rotatable bonds is 13. The van der Waals surface area contributed by atoms with Crippen LogP contribution in [-0.4, -0.2) is 0 Å². The van der Waals surface area contributed by atoms with Gasteiger partial charge in [-0.15, -0.1) is 0 Å². The molecule has 16 N–H and O–H groups in total. The Bertz CT molecular complexity index is 2950. The lowest BCUT2D eigenvalue weighted by Gasteiger charge is -2.23. The summed E-state index contributed by atoms with van der Waals surface area (Å²) in [5.74, 6) is -0.349. The first-order chi connectivity index (χ1) is 32.0. The van der Waals surface area contributed by atoms with E-state index in [1.807, 2.05) is 128 Å². The minimum absolute atomic E-state index is 0.101. The van der Waals surface area contributed by atoms with Crippen LogP contribution in [0.25, 0.3) is 44.5 Å². The summed E-state index contributed by atoms with van der Waals surface area (Å²) in [6.45, 7) is 2.03. The van der Waals surface area contributed by atoms with Crippen molar-refractivity contribution >= 4 is 45.5 Å². The van der Waals surface area contributed by atoms with Gasteiger partial charge in [0.1, 0.15) is 0 Å². The van der Waals surface area contributed by atoms with Gasteiger partial charge in [0.15, 0.2) is 0 Å². The van der Waals surface area contributed by atoms with E-state index in [0.717, 1.165) is 72.3 Å². The normalized spacial score (nSPS) is 11.9. The summed E-state index contributed by atoms with van der Waals surface area (Å²) in [4.78, 5) is 0. The van der Waals surface area contributed by atoms with Gasteiger partial charge in [-0.25, -0.2) is 0 Å². The van der Waals surface area contributed by atoms with Gasteiger partial charge in [-0.05, 0) is 114 Å². The number of allylic oxidation sites excluding steroid dienone is 6. The van der Waals surface area contributed by atoms with Gasteiger partial charge in [0, 0.05) is 102 Å². The van der Waals surface area contributed by atoms with Crippen molar-refractivity contribution in [1.29, 1.82) is 0 Å². The molecular weight excluding hydrogens is 809 g/mol. The van der Waals surface area contributed by atoms with Crippen LogP contribution in [0.2, 0.25) is 0 Å². The van der Waals surface area contributed by atoms with Crippen molar-refractivity contribution in [3.05, 3.63) is 228 Å². The Balaban J connectivity index is 1.25. The van der Waals surface area contributed by atoms with E-state index in [-0.39, 0.29) is 11.8 Å². The summed E-state index contributed by atoms with van der Waals surface area (Å²) in [7, 11) is 0. The smallest absolute Gasteiger partial charge is 0.0394 e. The summed E-state index contributed by atoms with van der Waals surface area (Å²) in [6, 6.07) is 56.0. The average molecular weight is 865 g/mol. The number of nitrogen functional groups attached to an aromatic ring is 8. The third kappa shape index (κ3) is 9.21. The quantitative estimate of drug-likeness (QED) is 0.0412. The number of benzene rings is 8. The van der Waals surface area contributed by atoms with Gasteiger partial charge in [0.2, 0.25) is 0 Å². The van der Waals surface area contributed by atoms with E-state index in [0.29, 0.717) is 51.9 Å². The van der Waals surface area contributed by atoms with E-state index >= 15 is 0 Å². The minimum Gasteiger partial charge on any atom is -0.398 e. The van der Waals surface area contributed by atoms with Crippen LogP contribution in [0.4, 0.5) is 45.5 Å². The van der Waals surface area contributed by atoms with Crippen LogP contribution in [0, 0.1) is 0 Å². The van der Waals surface area contributed by atoms with Crippen LogP contribution in [0.15, 0.2) is 206 Å². The topological polar surface area (TPSA) is 208 Å². The molecule has 66 heavy (non-hydrogen) atoms. The van der Waals surface area contributed by atoms with Gasteiger partial charge < -0.3 is 45.9 Å². The highest BCUT2D eigenvalue weighted by molar-refractivity contribution is 5.88. The molecule has 0 aromatic heterocycles. The Morgan fingerprint density at radius 3 is 1.02 bits per heavy atom. The number of nitrogens with two attached hydrogens (primary N) is 8. The Labute approximate surface area is 387 Å². The van der Waals surface area contributed by atoms with Gasteiger partial charge in [-0.1, -0.05) is 127 Å². The van der Waals surface area contributed by atoms with Gasteiger partial charge in [0.25, 0.3) is 0 Å². The van der Waals surface area contributed by atoms with Gasteiger partial charge in [-0.3, -0.25) is 0 Å². The van der Waals surface area contributed by atoms with Crippen molar-refractivity contribution in [2.45, 2.75) is 25.2 Å². The zero-order valence-corrected chi connectivity index (χ0v) is 37.0. The molecule has 0 bridgehead atoms. The van der Waals surface area contributed by atoms with Gasteiger partial charge >= 0.3 is 0 Å². The largest absolute Gasteiger partial charge is 0.398 e. The molecule has 0 amide bonds. The lowest BCUT2D eigenvalue weighted by atomic mass is 9.81. The minimum atomic E-state index is -0.248. The molecule has 8 heteroatoms. The molecule has 8 aromatic rings. The standard InChI is InChI=1S/C58H56N8/c1-2-13-36(58(39-26-30-56(65)48(34-39)44-18-7-11-22-52(44)61)40-27-31-57(66)49(35-40)45-19-8-12-23-53(45)62)14-3-4-15-41(37-24-28-54(63)46(32-37)42-16-5-9-20-50(42)59)38-25-29-55(64)47(33-38)43-17-6-10-21-51(43)60/h2-14,16-35,41,58H,15,59-66H2,1H3/b4-3-,13-2-,36-14+. The first-order valence-electron chi connectivity index (χ1n) is 22.0. The van der Waals surface area contributed by atoms with Crippen molar-refractivity contribution in [2.24, 2.45) is 0 Å². The van der Waals surface area contributed by atoms with Crippen LogP contribution in [0.3, 0.4) is 0 Å². The molecule has 0 saturated carbocycles. The third-order valence-electron chi connectivity index (χ3n) is 12.3. The molecule has 0 saturated heterocycles. The molecule has 0 spiro atoms. The molecule has 0 aliphatic carbocycles. The summed E-state index contributed by atoms with van der Waals surface area (Å²) >= 11 is 0. The Morgan fingerprint density at radius 2 is 0.682 bits per heavy atom. The number of para-hydroxylation sites is 4. The lowest BCUT2D eigenvalue weighted by molar-refractivity contribution is 0.830. The highest BCUT2D eigenvalue weighted by Gasteiger charge is 2.23. The van der Waals surface area contributed by atoms with Crippen LogP contribution in [0.5, 0.6) is 0 Å². The SMILES string of the molecule is C\C=C/C(=C\C=C/CC(c1ccc(N)c(-c2ccccc2N)c1)c1ccc(N)c(-c2ccccc2N)c1)C(c1ccc(N)c(-c2ccccc2N)c1)c1ccc(N)c(-c2ccccc2N)c1. The average Bonchev–Trinajstić information content (AvgIpc) is 3.32. The van der Waals surface area contributed by atoms with E-state index in [9.17, 15) is 0 Å². The maximum atomic E-state index is 6.69. The molecular formula is C58H56N8. The summed E-state index contributed by atoms with van der Waals surface area (Å²) < 4.78 is 0. The van der Waals surface area contributed by atoms with Crippen LogP contribution >= 0.6 is 0 Å². The van der Waals surface area contributed by atoms with Gasteiger partial charge in [-0.2, -0.15) is 0 Å². The Morgan fingerprint density at radius 1 is 0.379 bits per heavy atom. The molecule has 0 fully saturated rings. The monoisotopic (exact) mass is 864 g/mol. The van der Waals surface area contributed by atoms with E-state index < -0.39 is 0 Å². The summed E-state index contributed by atoms with van der Waals surface area (Å²) in [5.41, 5.74) is 70.1. The van der Waals surface area contributed by atoms with Gasteiger partial charge in [0.05, 0.1) is 0 Å². The first kappa shape index (κ1) is 44.0. The fourth-order valence-electron chi connectivity index (χ4n) is 8.87. The second-order valence-electron chi connectivity index (χ2n) is 16.6. The Hall–Kier alpha value is -8.62. The zero-order valence-electron chi connectivity index (χ0n) is 37.0. The molecule has 8 aromatic carbocycles. The number of hydrogen-bond acceptors (Lipinski definition) is 8. The molecule has 0 aliphatic rings. The lowest BCUT2D eigenvalue weighted by Crippen LogP contribution is -2.07. The molecule has 8 rings (SSSR count).